The van der Waals surface area contributed by atoms with Gasteiger partial charge in [0, 0.05) is 30.9 Å². The Balaban J connectivity index is 1.41. The highest BCUT2D eigenvalue weighted by Crippen LogP contribution is 2.30. The van der Waals surface area contributed by atoms with Gasteiger partial charge in [0.2, 0.25) is 0 Å². The predicted molar refractivity (Wildman–Crippen MR) is 162 cm³/mol. The molecule has 1 atom stereocenters. The molecule has 3 rings (SSSR count). The summed E-state index contributed by atoms with van der Waals surface area (Å²) in [5.74, 6) is 0.701. The number of hydrogen-bond donors (Lipinski definition) is 2. The van der Waals surface area contributed by atoms with Crippen molar-refractivity contribution in [2.45, 2.75) is 52.1 Å². The number of benzene rings is 1. The third-order valence-electron chi connectivity index (χ3n) is 6.41. The molecule has 1 aromatic carbocycles. The van der Waals surface area contributed by atoms with Crippen LogP contribution in [0.25, 0.3) is 0 Å². The molecule has 2 amide bonds. The third kappa shape index (κ3) is 10.0. The van der Waals surface area contributed by atoms with E-state index >= 15 is 0 Å². The second kappa shape index (κ2) is 16.3. The van der Waals surface area contributed by atoms with E-state index in [1.807, 2.05) is 85.5 Å². The van der Waals surface area contributed by atoms with Gasteiger partial charge >= 0.3 is 0 Å². The fraction of sp³-hybridized carbons (Fsp3) is 0.344. The average molecular weight is 562 g/mol. The van der Waals surface area contributed by atoms with E-state index < -0.39 is 6.10 Å². The average Bonchev–Trinajstić information content (AvgIpc) is 3.46. The maximum Gasteiger partial charge on any atom is 0.271 e. The highest BCUT2D eigenvalue weighted by Gasteiger charge is 2.29. The number of aliphatic hydroxyl groups excluding tert-OH is 1. The van der Waals surface area contributed by atoms with Crippen molar-refractivity contribution in [2.75, 3.05) is 19.6 Å². The van der Waals surface area contributed by atoms with Crippen molar-refractivity contribution in [2.24, 2.45) is 0 Å². The number of nitrogens with zero attached hydrogens (tertiary/aromatic N) is 2. The van der Waals surface area contributed by atoms with Gasteiger partial charge in [-0.05, 0) is 64.3 Å². The lowest BCUT2D eigenvalue weighted by Gasteiger charge is -2.32. The largest absolute Gasteiger partial charge is 0.508 e. The van der Waals surface area contributed by atoms with Gasteiger partial charge in [0.25, 0.3) is 11.8 Å². The summed E-state index contributed by atoms with van der Waals surface area (Å²) in [6.45, 7) is 7.24. The minimum absolute atomic E-state index is 0.0171. The first kappa shape index (κ1) is 30.6. The van der Waals surface area contributed by atoms with E-state index in [1.54, 1.807) is 24.5 Å². The van der Waals surface area contributed by atoms with Gasteiger partial charge in [-0.15, -0.1) is 11.3 Å². The highest BCUT2D eigenvalue weighted by molar-refractivity contribution is 7.09. The molecule has 7 nitrogen and oxygen atoms in total. The molecular formula is C32H39N3O4S. The molecule has 1 aromatic heterocycles. The fourth-order valence-electron chi connectivity index (χ4n) is 4.17. The van der Waals surface area contributed by atoms with Crippen molar-refractivity contribution >= 4 is 23.2 Å². The number of allylic oxidation sites excluding steroid dienone is 8. The Morgan fingerprint density at radius 2 is 1.95 bits per heavy atom. The number of rotatable bonds is 12. The summed E-state index contributed by atoms with van der Waals surface area (Å²) in [6.07, 6.45) is 16.7. The molecule has 0 radical (unpaired) electrons. The Hall–Kier alpha value is -3.91. The van der Waals surface area contributed by atoms with E-state index in [-0.39, 0.29) is 30.0 Å². The molecule has 2 N–H and O–H groups in total. The molecule has 8 heteroatoms. The lowest BCUT2D eigenvalue weighted by atomic mass is 9.97. The lowest BCUT2D eigenvalue weighted by Crippen LogP contribution is -2.44. The Bertz CT molecular complexity index is 1250. The van der Waals surface area contributed by atoms with E-state index in [9.17, 15) is 14.7 Å². The number of aromatic nitrogens is 1. The molecule has 1 aliphatic rings. The minimum Gasteiger partial charge on any atom is -0.508 e. The molecule has 2 heterocycles. The normalized spacial score (nSPS) is 16.2. The van der Waals surface area contributed by atoms with Crippen LogP contribution in [0.3, 0.4) is 0 Å². The number of amides is 2. The first-order valence-corrected chi connectivity index (χ1v) is 14.5. The smallest absolute Gasteiger partial charge is 0.271 e. The van der Waals surface area contributed by atoms with E-state index in [1.165, 1.54) is 16.9 Å². The summed E-state index contributed by atoms with van der Waals surface area (Å²) in [5.41, 5.74) is 1.54. The van der Waals surface area contributed by atoms with Gasteiger partial charge in [0.05, 0.1) is 5.01 Å². The maximum absolute atomic E-state index is 12.8. The highest BCUT2D eigenvalue weighted by atomic mass is 32.1. The number of para-hydroxylation sites is 1. The number of piperidine rings is 1. The van der Waals surface area contributed by atoms with Gasteiger partial charge < -0.3 is 20.1 Å². The summed E-state index contributed by atoms with van der Waals surface area (Å²) in [5, 5.41) is 15.5. The van der Waals surface area contributed by atoms with Gasteiger partial charge in [-0.25, -0.2) is 4.98 Å². The van der Waals surface area contributed by atoms with Crippen molar-refractivity contribution in [1.29, 1.82) is 0 Å². The van der Waals surface area contributed by atoms with E-state index in [0.29, 0.717) is 24.5 Å². The summed E-state index contributed by atoms with van der Waals surface area (Å²) in [7, 11) is 0. The van der Waals surface area contributed by atoms with Crippen LogP contribution in [0, 0.1) is 0 Å². The molecule has 212 valence electrons. The number of ether oxygens (including phenoxy) is 1. The molecule has 0 spiro atoms. The molecule has 1 saturated heterocycles. The van der Waals surface area contributed by atoms with Crippen molar-refractivity contribution in [3.63, 3.8) is 0 Å². The number of hydrogen-bond acceptors (Lipinski definition) is 6. The maximum atomic E-state index is 12.8. The zero-order valence-electron chi connectivity index (χ0n) is 23.5. The van der Waals surface area contributed by atoms with Crippen LogP contribution in [0.15, 0.2) is 95.7 Å². The van der Waals surface area contributed by atoms with Gasteiger partial charge in [-0.1, -0.05) is 60.2 Å². The fourth-order valence-corrected chi connectivity index (χ4v) is 5.14. The molecule has 1 fully saturated rings. The van der Waals surface area contributed by atoms with Crippen molar-refractivity contribution in [3.8, 4) is 5.75 Å². The van der Waals surface area contributed by atoms with Gasteiger partial charge in [0.15, 0.2) is 6.10 Å². The van der Waals surface area contributed by atoms with Crippen molar-refractivity contribution in [3.05, 3.63) is 106 Å². The van der Waals surface area contributed by atoms with Crippen molar-refractivity contribution < 1.29 is 19.4 Å². The first-order valence-electron chi connectivity index (χ1n) is 13.6. The third-order valence-corrected chi connectivity index (χ3v) is 7.42. The standard InChI is InChI=1S/C32H39N3O4S/c1-4-5-6-8-12-24(2)13-11-14-27(36)17-20-33-30(37)29-23-40-31(34-29)26-18-21-35(22-19-26)32(38)25(3)39-28-15-9-7-10-16-28/h4-12,14-17,23,25-26,36H,13,18-22H2,1-3H3,(H,33,37)/b5-4-,8-6-,14-11-,24-12+,27-17+. The lowest BCUT2D eigenvalue weighted by molar-refractivity contribution is -0.139. The van der Waals surface area contributed by atoms with Crippen LogP contribution in [0.4, 0.5) is 0 Å². The van der Waals surface area contributed by atoms with Gasteiger partial charge in [-0.2, -0.15) is 0 Å². The first-order chi connectivity index (χ1) is 19.4. The Kier molecular flexibility index (Phi) is 12.4. The molecule has 0 aliphatic carbocycles. The summed E-state index contributed by atoms with van der Waals surface area (Å²) in [4.78, 5) is 31.8. The molecule has 0 saturated carbocycles. The zero-order chi connectivity index (χ0) is 28.7. The number of likely N-dealkylation sites (tertiary alicyclic amines) is 1. The van der Waals surface area contributed by atoms with Crippen LogP contribution >= 0.6 is 11.3 Å². The van der Waals surface area contributed by atoms with Crippen LogP contribution in [0.5, 0.6) is 5.75 Å². The predicted octanol–water partition coefficient (Wildman–Crippen LogP) is 6.51. The van der Waals surface area contributed by atoms with Crippen LogP contribution in [-0.4, -0.2) is 52.5 Å². The SMILES string of the molecule is C\C=C/C=C\C=C(/C)C/C=C\C(O)=C/CNC(=O)c1csc(C2CCN(C(=O)C(C)Oc3ccccc3)CC2)n1. The number of thiazole rings is 1. The monoisotopic (exact) mass is 561 g/mol. The number of carbonyl (C=O) groups excluding carboxylic acids is 2. The molecule has 1 unspecified atom stereocenters. The van der Waals surface area contributed by atoms with Crippen molar-refractivity contribution in [1.82, 2.24) is 15.2 Å². The van der Waals surface area contributed by atoms with Crippen LogP contribution in [0.2, 0.25) is 0 Å². The molecule has 2 aromatic rings. The van der Waals surface area contributed by atoms with E-state index in [4.69, 9.17) is 4.74 Å². The number of nitrogens with one attached hydrogen (secondary N) is 1. The summed E-state index contributed by atoms with van der Waals surface area (Å²) in [6, 6.07) is 9.36. The van der Waals surface area contributed by atoms with Gasteiger partial charge in [0.1, 0.15) is 17.2 Å². The number of carbonyl (C=O) groups is 2. The van der Waals surface area contributed by atoms with E-state index in [0.717, 1.165) is 24.3 Å². The summed E-state index contributed by atoms with van der Waals surface area (Å²) < 4.78 is 5.79. The quantitative estimate of drug-likeness (QED) is 0.228. The molecule has 1 aliphatic heterocycles. The second-order valence-electron chi connectivity index (χ2n) is 9.61. The zero-order valence-corrected chi connectivity index (χ0v) is 24.3. The van der Waals surface area contributed by atoms with Crippen LogP contribution in [-0.2, 0) is 4.79 Å². The van der Waals surface area contributed by atoms with E-state index in [2.05, 4.69) is 10.3 Å². The topological polar surface area (TPSA) is 91.8 Å². The van der Waals surface area contributed by atoms with Crippen LogP contribution < -0.4 is 10.1 Å². The second-order valence-corrected chi connectivity index (χ2v) is 10.5. The summed E-state index contributed by atoms with van der Waals surface area (Å²) >= 11 is 1.47. The Morgan fingerprint density at radius 3 is 2.67 bits per heavy atom. The molecular weight excluding hydrogens is 522 g/mol. The molecule has 0 bridgehead atoms. The van der Waals surface area contributed by atoms with Gasteiger partial charge in [-0.3, -0.25) is 9.59 Å². The number of aliphatic hydroxyl groups is 1. The Labute approximate surface area is 241 Å². The molecule has 40 heavy (non-hydrogen) atoms. The Morgan fingerprint density at radius 1 is 1.20 bits per heavy atom. The van der Waals surface area contributed by atoms with Crippen LogP contribution in [0.1, 0.15) is 61.4 Å². The minimum atomic E-state index is -0.547.